The summed E-state index contributed by atoms with van der Waals surface area (Å²) in [5, 5.41) is 8.40. The van der Waals surface area contributed by atoms with E-state index >= 15 is 0 Å². The molecule has 1 unspecified atom stereocenters. The number of aryl methyl sites for hydroxylation is 2. The van der Waals surface area contributed by atoms with Crippen molar-refractivity contribution in [2.75, 3.05) is 7.05 Å². The molecule has 0 saturated carbocycles. The number of nitrogens with zero attached hydrogens (tertiary/aromatic N) is 3. The molecule has 0 aliphatic rings. The molecule has 5 heteroatoms. The molecule has 0 aliphatic heterocycles. The van der Waals surface area contributed by atoms with Crippen molar-refractivity contribution in [3.8, 4) is 0 Å². The second-order valence-electron chi connectivity index (χ2n) is 4.95. The van der Waals surface area contributed by atoms with Crippen molar-refractivity contribution in [2.45, 2.75) is 39.3 Å². The van der Waals surface area contributed by atoms with Gasteiger partial charge in [-0.1, -0.05) is 24.6 Å². The fourth-order valence-corrected chi connectivity index (χ4v) is 2.56. The topological polar surface area (TPSA) is 42.7 Å². The minimum atomic E-state index is 0.188. The van der Waals surface area contributed by atoms with E-state index in [1.807, 2.05) is 23.9 Å². The molecule has 1 aromatic heterocycles. The number of rotatable bonds is 6. The molecule has 4 nitrogen and oxygen atoms in total. The first-order valence-corrected chi connectivity index (χ1v) is 7.33. The first-order chi connectivity index (χ1) is 9.65. The van der Waals surface area contributed by atoms with Crippen LogP contribution in [-0.2, 0) is 13.0 Å². The average molecular weight is 293 g/mol. The van der Waals surface area contributed by atoms with Gasteiger partial charge in [-0.15, -0.1) is 0 Å². The Morgan fingerprint density at radius 3 is 2.90 bits per heavy atom. The van der Waals surface area contributed by atoms with Crippen molar-refractivity contribution in [2.24, 2.45) is 0 Å². The number of aromatic nitrogens is 3. The van der Waals surface area contributed by atoms with Crippen LogP contribution in [0.1, 0.15) is 36.3 Å². The van der Waals surface area contributed by atoms with Crippen LogP contribution in [0.4, 0.5) is 0 Å². The zero-order chi connectivity index (χ0) is 14.5. The van der Waals surface area contributed by atoms with E-state index in [0.717, 1.165) is 30.2 Å². The number of nitrogens with one attached hydrogen (secondary N) is 1. The lowest BCUT2D eigenvalue weighted by Gasteiger charge is -2.19. The molecule has 0 radical (unpaired) electrons. The lowest BCUT2D eigenvalue weighted by molar-refractivity contribution is 0.516. The molecular weight excluding hydrogens is 272 g/mol. The molecule has 0 amide bonds. The Kier molecular flexibility index (Phi) is 5.15. The van der Waals surface area contributed by atoms with Gasteiger partial charge in [-0.3, -0.25) is 4.68 Å². The second-order valence-corrected chi connectivity index (χ2v) is 5.38. The molecule has 0 fully saturated rings. The fraction of sp³-hybridized carbons (Fsp3) is 0.467. The van der Waals surface area contributed by atoms with E-state index in [2.05, 4.69) is 35.3 Å². The number of hydrogen-bond acceptors (Lipinski definition) is 3. The van der Waals surface area contributed by atoms with E-state index in [1.54, 1.807) is 6.33 Å². The number of hydrogen-bond donors (Lipinski definition) is 1. The predicted molar refractivity (Wildman–Crippen MR) is 82.0 cm³/mol. The molecule has 108 valence electrons. The van der Waals surface area contributed by atoms with Gasteiger partial charge in [0.15, 0.2) is 0 Å². The summed E-state index contributed by atoms with van der Waals surface area (Å²) in [6, 6.07) is 6.19. The molecule has 1 atom stereocenters. The van der Waals surface area contributed by atoms with Crippen LogP contribution in [0.2, 0.25) is 5.02 Å². The summed E-state index contributed by atoms with van der Waals surface area (Å²) in [7, 11) is 1.96. The van der Waals surface area contributed by atoms with Gasteiger partial charge >= 0.3 is 0 Å². The van der Waals surface area contributed by atoms with Crippen LogP contribution >= 0.6 is 11.6 Å². The van der Waals surface area contributed by atoms with Crippen molar-refractivity contribution in [1.29, 1.82) is 0 Å². The third kappa shape index (κ3) is 3.38. The van der Waals surface area contributed by atoms with Crippen LogP contribution in [0.5, 0.6) is 0 Å². The monoisotopic (exact) mass is 292 g/mol. The van der Waals surface area contributed by atoms with Gasteiger partial charge in [0.1, 0.15) is 12.2 Å². The van der Waals surface area contributed by atoms with E-state index < -0.39 is 0 Å². The molecule has 1 aromatic carbocycles. The quantitative estimate of drug-likeness (QED) is 0.889. The maximum Gasteiger partial charge on any atom is 0.138 e. The molecule has 0 bridgehead atoms. The highest BCUT2D eigenvalue weighted by molar-refractivity contribution is 6.30. The van der Waals surface area contributed by atoms with Crippen molar-refractivity contribution >= 4 is 11.6 Å². The molecule has 0 aliphatic carbocycles. The zero-order valence-electron chi connectivity index (χ0n) is 12.2. The molecular formula is C15H21ClN4. The maximum atomic E-state index is 6.12. The molecule has 0 saturated heterocycles. The normalized spacial score (nSPS) is 12.6. The highest BCUT2D eigenvalue weighted by atomic mass is 35.5. The molecule has 1 N–H and O–H groups in total. The van der Waals surface area contributed by atoms with Crippen molar-refractivity contribution in [3.05, 3.63) is 46.5 Å². The highest BCUT2D eigenvalue weighted by Crippen LogP contribution is 2.24. The Bertz CT molecular complexity index is 565. The van der Waals surface area contributed by atoms with Crippen molar-refractivity contribution in [3.63, 3.8) is 0 Å². The summed E-state index contributed by atoms with van der Waals surface area (Å²) in [6.07, 6.45) is 3.48. The summed E-state index contributed by atoms with van der Waals surface area (Å²) < 4.78 is 1.98. The number of halogens is 1. The molecule has 1 heterocycles. The van der Waals surface area contributed by atoms with Crippen LogP contribution in [0.3, 0.4) is 0 Å². The summed E-state index contributed by atoms with van der Waals surface area (Å²) in [4.78, 5) is 4.38. The number of benzene rings is 1. The summed E-state index contributed by atoms with van der Waals surface area (Å²) >= 11 is 6.12. The van der Waals surface area contributed by atoms with Gasteiger partial charge in [-0.25, -0.2) is 4.98 Å². The van der Waals surface area contributed by atoms with Crippen LogP contribution < -0.4 is 5.32 Å². The van der Waals surface area contributed by atoms with Gasteiger partial charge in [0.2, 0.25) is 0 Å². The molecule has 20 heavy (non-hydrogen) atoms. The minimum absolute atomic E-state index is 0.188. The Hall–Kier alpha value is -1.39. The standard InChI is InChI=1S/C15H21ClN4/c1-4-7-20-15(18-10-19-20)9-14(17-3)13-8-12(16)6-5-11(13)2/h5-6,8,10,14,17H,4,7,9H2,1-3H3. The van der Waals surface area contributed by atoms with Crippen LogP contribution in [0.25, 0.3) is 0 Å². The smallest absolute Gasteiger partial charge is 0.138 e. The Labute approximate surface area is 125 Å². The fourth-order valence-electron chi connectivity index (χ4n) is 2.38. The van der Waals surface area contributed by atoms with Gasteiger partial charge in [0.25, 0.3) is 0 Å². The van der Waals surface area contributed by atoms with E-state index in [1.165, 1.54) is 11.1 Å². The van der Waals surface area contributed by atoms with Crippen LogP contribution in [-0.4, -0.2) is 21.8 Å². The van der Waals surface area contributed by atoms with Gasteiger partial charge in [-0.2, -0.15) is 5.10 Å². The molecule has 0 spiro atoms. The van der Waals surface area contributed by atoms with Gasteiger partial charge in [-0.05, 0) is 43.7 Å². The first kappa shape index (κ1) is 15.0. The third-order valence-corrected chi connectivity index (χ3v) is 3.72. The molecule has 2 aromatic rings. The second kappa shape index (κ2) is 6.86. The summed E-state index contributed by atoms with van der Waals surface area (Å²) in [5.41, 5.74) is 2.45. The van der Waals surface area contributed by atoms with E-state index in [-0.39, 0.29) is 6.04 Å². The van der Waals surface area contributed by atoms with Gasteiger partial charge in [0.05, 0.1) is 0 Å². The van der Waals surface area contributed by atoms with E-state index in [9.17, 15) is 0 Å². The Balaban J connectivity index is 2.24. The Morgan fingerprint density at radius 2 is 2.20 bits per heavy atom. The lowest BCUT2D eigenvalue weighted by Crippen LogP contribution is -2.22. The minimum Gasteiger partial charge on any atom is -0.313 e. The van der Waals surface area contributed by atoms with E-state index in [4.69, 9.17) is 11.6 Å². The summed E-state index contributed by atoms with van der Waals surface area (Å²) in [5.74, 6) is 1.01. The Morgan fingerprint density at radius 1 is 1.40 bits per heavy atom. The van der Waals surface area contributed by atoms with Crippen LogP contribution in [0, 0.1) is 6.92 Å². The van der Waals surface area contributed by atoms with Gasteiger partial charge in [0, 0.05) is 24.0 Å². The van der Waals surface area contributed by atoms with Crippen molar-refractivity contribution in [1.82, 2.24) is 20.1 Å². The van der Waals surface area contributed by atoms with Gasteiger partial charge < -0.3 is 5.32 Å². The third-order valence-electron chi connectivity index (χ3n) is 3.48. The number of likely N-dealkylation sites (N-methyl/N-ethyl adjacent to an activating group) is 1. The summed E-state index contributed by atoms with van der Waals surface area (Å²) in [6.45, 7) is 5.15. The SMILES string of the molecule is CCCn1ncnc1CC(NC)c1cc(Cl)ccc1C. The average Bonchev–Trinajstić information content (AvgIpc) is 2.87. The zero-order valence-corrected chi connectivity index (χ0v) is 13.0. The maximum absolute atomic E-state index is 6.12. The molecule has 2 rings (SSSR count). The largest absolute Gasteiger partial charge is 0.313 e. The lowest BCUT2D eigenvalue weighted by atomic mass is 9.98. The van der Waals surface area contributed by atoms with E-state index in [0.29, 0.717) is 0 Å². The van der Waals surface area contributed by atoms with Crippen molar-refractivity contribution < 1.29 is 0 Å². The first-order valence-electron chi connectivity index (χ1n) is 6.95. The predicted octanol–water partition coefficient (Wildman–Crippen LogP) is 3.15. The van der Waals surface area contributed by atoms with Crippen LogP contribution in [0.15, 0.2) is 24.5 Å². The highest BCUT2D eigenvalue weighted by Gasteiger charge is 2.16.